The van der Waals surface area contributed by atoms with Gasteiger partial charge in [-0.1, -0.05) is 18.2 Å². The summed E-state index contributed by atoms with van der Waals surface area (Å²) in [4.78, 5) is 11.9. The van der Waals surface area contributed by atoms with Crippen LogP contribution >= 0.6 is 0 Å². The summed E-state index contributed by atoms with van der Waals surface area (Å²) in [6, 6.07) is 14.2. The molecular formula is C23H25N5O. The summed E-state index contributed by atoms with van der Waals surface area (Å²) in [5, 5.41) is 27.4. The van der Waals surface area contributed by atoms with Crippen molar-refractivity contribution in [3.05, 3.63) is 42.0 Å². The molecule has 4 rings (SSSR count). The quantitative estimate of drug-likeness (QED) is 0.544. The summed E-state index contributed by atoms with van der Waals surface area (Å²) in [6.07, 6.45) is 2.97. The molecule has 0 radical (unpaired) electrons. The minimum Gasteiger partial charge on any atom is -0.382 e. The van der Waals surface area contributed by atoms with Gasteiger partial charge in [-0.05, 0) is 43.5 Å². The number of hydrogen-bond donors (Lipinski definition) is 4. The van der Waals surface area contributed by atoms with Crippen LogP contribution in [0.4, 0.5) is 17.1 Å². The zero-order valence-electron chi connectivity index (χ0n) is 16.5. The predicted molar refractivity (Wildman–Crippen MR) is 116 cm³/mol. The lowest BCUT2D eigenvalue weighted by atomic mass is 9.95. The number of fused-ring (bicyclic) bond motifs is 1. The first kappa shape index (κ1) is 19.0. The highest BCUT2D eigenvalue weighted by atomic mass is 16.1. The van der Waals surface area contributed by atoms with Gasteiger partial charge in [0.05, 0.1) is 23.9 Å². The van der Waals surface area contributed by atoms with Crippen LogP contribution in [0.15, 0.2) is 36.4 Å². The van der Waals surface area contributed by atoms with Crippen LogP contribution in [0.1, 0.15) is 38.2 Å². The average molecular weight is 387 g/mol. The highest BCUT2D eigenvalue weighted by Gasteiger charge is 2.29. The Morgan fingerprint density at radius 3 is 2.93 bits per heavy atom. The van der Waals surface area contributed by atoms with Gasteiger partial charge < -0.3 is 21.4 Å². The minimum atomic E-state index is 0.00984. The molecule has 6 nitrogen and oxygen atoms in total. The van der Waals surface area contributed by atoms with E-state index in [1.54, 1.807) is 0 Å². The van der Waals surface area contributed by atoms with Gasteiger partial charge >= 0.3 is 0 Å². The molecule has 29 heavy (non-hydrogen) atoms. The van der Waals surface area contributed by atoms with Crippen LogP contribution in [0.3, 0.4) is 0 Å². The molecular weight excluding hydrogens is 362 g/mol. The zero-order valence-corrected chi connectivity index (χ0v) is 16.5. The van der Waals surface area contributed by atoms with E-state index in [1.807, 2.05) is 37.3 Å². The van der Waals surface area contributed by atoms with Crippen molar-refractivity contribution in [2.75, 3.05) is 22.5 Å². The first-order chi connectivity index (χ1) is 14.1. The van der Waals surface area contributed by atoms with E-state index in [9.17, 15) is 4.79 Å². The molecule has 6 heteroatoms. The van der Waals surface area contributed by atoms with E-state index in [-0.39, 0.29) is 11.9 Å². The van der Waals surface area contributed by atoms with Gasteiger partial charge in [0, 0.05) is 47.5 Å². The second-order valence-corrected chi connectivity index (χ2v) is 7.81. The number of amides is 1. The first-order valence-corrected chi connectivity index (χ1v) is 10.1. The van der Waals surface area contributed by atoms with Crippen molar-refractivity contribution in [2.45, 2.75) is 38.6 Å². The summed E-state index contributed by atoms with van der Waals surface area (Å²) >= 11 is 0. The molecule has 2 aromatic rings. The third kappa shape index (κ3) is 4.09. The van der Waals surface area contributed by atoms with Crippen molar-refractivity contribution < 1.29 is 4.79 Å². The maximum absolute atomic E-state index is 11.9. The molecule has 4 N–H and O–H groups in total. The monoisotopic (exact) mass is 387 g/mol. The Balaban J connectivity index is 1.75. The topological polar surface area (TPSA) is 101 Å². The normalized spacial score (nSPS) is 16.5. The van der Waals surface area contributed by atoms with E-state index < -0.39 is 0 Å². The first-order valence-electron chi connectivity index (χ1n) is 10.1. The van der Waals surface area contributed by atoms with E-state index in [4.69, 9.17) is 10.7 Å². The van der Waals surface area contributed by atoms with Crippen molar-refractivity contribution in [1.29, 1.82) is 10.7 Å². The maximum atomic E-state index is 11.9. The van der Waals surface area contributed by atoms with Crippen LogP contribution in [0.25, 0.3) is 11.1 Å². The second-order valence-electron chi connectivity index (χ2n) is 7.81. The van der Waals surface area contributed by atoms with E-state index in [1.165, 1.54) is 0 Å². The molecule has 0 spiro atoms. The number of rotatable bonds is 6. The van der Waals surface area contributed by atoms with Crippen LogP contribution in [-0.4, -0.2) is 24.2 Å². The smallest absolute Gasteiger partial charge is 0.226 e. The number of para-hydroxylation sites is 1. The molecule has 0 bridgehead atoms. The van der Waals surface area contributed by atoms with Gasteiger partial charge in [0.15, 0.2) is 0 Å². The zero-order chi connectivity index (χ0) is 20.4. The molecule has 1 heterocycles. The highest BCUT2D eigenvalue weighted by molar-refractivity contribution is 6.07. The fourth-order valence-electron chi connectivity index (χ4n) is 3.71. The fourth-order valence-corrected chi connectivity index (χ4v) is 3.71. The van der Waals surface area contributed by atoms with Gasteiger partial charge in [-0.2, -0.15) is 5.26 Å². The Hall–Kier alpha value is -3.33. The number of carbonyl (C=O) groups is 1. The van der Waals surface area contributed by atoms with Crippen LogP contribution in [0.5, 0.6) is 0 Å². The molecule has 0 saturated heterocycles. The molecule has 1 atom stereocenters. The third-order valence-electron chi connectivity index (χ3n) is 5.40. The predicted octanol–water partition coefficient (Wildman–Crippen LogP) is 4.60. The number of nitriles is 1. The summed E-state index contributed by atoms with van der Waals surface area (Å²) in [5.74, 6) is 0.331. The summed E-state index contributed by atoms with van der Waals surface area (Å²) in [7, 11) is 0. The Bertz CT molecular complexity index is 1000. The number of carbonyl (C=O) groups excluding carboxylic acids is 1. The Kier molecular flexibility index (Phi) is 5.22. The standard InChI is InChI=1S/C23H25N5O/c1-14(9-11-24)27-19-8-7-16(13-18(19)22(25)15-5-6-15)17-3-2-4-20-23(17)26-12-10-21(29)28-20/h2-4,7-8,13-15,25-27H,5-6,9-10,12H2,1H3,(H,28,29)/t14-/m0/s1. The fraction of sp³-hybridized carbons (Fsp3) is 0.348. The highest BCUT2D eigenvalue weighted by Crippen LogP contribution is 2.39. The van der Waals surface area contributed by atoms with E-state index >= 15 is 0 Å². The van der Waals surface area contributed by atoms with Crippen molar-refractivity contribution in [3.8, 4) is 17.2 Å². The SMILES string of the molecule is C[C@@H](CC#N)Nc1ccc(-c2cccc3c2NCCC(=O)N3)cc1C(=N)C1CC1. The number of hydrogen-bond acceptors (Lipinski definition) is 5. The summed E-state index contributed by atoms with van der Waals surface area (Å²) in [5.41, 5.74) is 6.16. The van der Waals surface area contributed by atoms with Crippen LogP contribution < -0.4 is 16.0 Å². The van der Waals surface area contributed by atoms with Crippen LogP contribution in [0.2, 0.25) is 0 Å². The molecule has 2 aromatic carbocycles. The summed E-state index contributed by atoms with van der Waals surface area (Å²) in [6.45, 7) is 2.57. The molecule has 1 amide bonds. The van der Waals surface area contributed by atoms with Crippen LogP contribution in [0, 0.1) is 22.7 Å². The van der Waals surface area contributed by atoms with Crippen molar-refractivity contribution in [3.63, 3.8) is 0 Å². The number of nitrogens with one attached hydrogen (secondary N) is 4. The lowest BCUT2D eigenvalue weighted by Crippen LogP contribution is -2.17. The van der Waals surface area contributed by atoms with Crippen molar-refractivity contribution >= 4 is 28.7 Å². The number of nitrogens with zero attached hydrogens (tertiary/aromatic N) is 1. The lowest BCUT2D eigenvalue weighted by molar-refractivity contribution is -0.115. The van der Waals surface area contributed by atoms with E-state index in [0.717, 1.165) is 46.6 Å². The molecule has 1 fully saturated rings. The second kappa shape index (κ2) is 7.96. The molecule has 1 aliphatic carbocycles. The average Bonchev–Trinajstić information content (AvgIpc) is 3.55. The van der Waals surface area contributed by atoms with Gasteiger partial charge in [0.1, 0.15) is 0 Å². The van der Waals surface area contributed by atoms with Gasteiger partial charge in [-0.25, -0.2) is 0 Å². The third-order valence-corrected chi connectivity index (χ3v) is 5.40. The maximum Gasteiger partial charge on any atom is 0.226 e. The molecule has 0 unspecified atom stereocenters. The molecule has 2 aliphatic rings. The Morgan fingerprint density at radius 2 is 2.17 bits per heavy atom. The lowest BCUT2D eigenvalue weighted by Gasteiger charge is -2.19. The van der Waals surface area contributed by atoms with Gasteiger partial charge in [0.25, 0.3) is 0 Å². The van der Waals surface area contributed by atoms with E-state index in [2.05, 4.69) is 28.1 Å². The summed E-state index contributed by atoms with van der Waals surface area (Å²) < 4.78 is 0. The molecule has 148 valence electrons. The number of benzene rings is 2. The Labute approximate surface area is 170 Å². The van der Waals surface area contributed by atoms with Crippen molar-refractivity contribution in [2.24, 2.45) is 5.92 Å². The largest absolute Gasteiger partial charge is 0.382 e. The van der Waals surface area contributed by atoms with Gasteiger partial charge in [-0.15, -0.1) is 0 Å². The molecule has 0 aromatic heterocycles. The van der Waals surface area contributed by atoms with E-state index in [0.29, 0.717) is 31.0 Å². The minimum absolute atomic E-state index is 0.00984. The van der Waals surface area contributed by atoms with Crippen molar-refractivity contribution in [1.82, 2.24) is 0 Å². The number of anilines is 3. The molecule has 1 aliphatic heterocycles. The molecule has 1 saturated carbocycles. The Morgan fingerprint density at radius 1 is 1.34 bits per heavy atom. The van der Waals surface area contributed by atoms with Crippen LogP contribution in [-0.2, 0) is 4.79 Å². The van der Waals surface area contributed by atoms with Gasteiger partial charge in [0.2, 0.25) is 5.91 Å². The van der Waals surface area contributed by atoms with Gasteiger partial charge in [-0.3, -0.25) is 4.79 Å².